The highest BCUT2D eigenvalue weighted by atomic mass is 28.4. The lowest BCUT2D eigenvalue weighted by Gasteiger charge is -2.26. The predicted octanol–water partition coefficient (Wildman–Crippen LogP) is 3.32. The van der Waals surface area contributed by atoms with Gasteiger partial charge in [-0.25, -0.2) is 0 Å². The van der Waals surface area contributed by atoms with E-state index in [1.54, 1.807) is 7.11 Å². The van der Waals surface area contributed by atoms with Crippen LogP contribution in [0.25, 0.3) is 0 Å². The molecule has 92 valence electrons. The number of hydrogen-bond donors (Lipinski definition) is 0. The van der Waals surface area contributed by atoms with Crippen molar-refractivity contribution in [1.29, 1.82) is 0 Å². The normalized spacial score (nSPS) is 29.8. The van der Waals surface area contributed by atoms with Gasteiger partial charge in [0.1, 0.15) is 5.75 Å². The lowest BCUT2D eigenvalue weighted by Crippen LogP contribution is -2.32. The Bertz CT molecular complexity index is 464. The molecule has 3 heteroatoms. The van der Waals surface area contributed by atoms with Gasteiger partial charge in [0.25, 0.3) is 0 Å². The zero-order chi connectivity index (χ0) is 12.3. The molecule has 0 bridgehead atoms. The Balaban J connectivity index is 1.98. The monoisotopic (exact) mass is 248 g/mol. The summed E-state index contributed by atoms with van der Waals surface area (Å²) in [4.78, 5) is 0. The first-order chi connectivity index (χ1) is 7.94. The van der Waals surface area contributed by atoms with Gasteiger partial charge in [-0.05, 0) is 61.7 Å². The maximum absolute atomic E-state index is 6.47. The first-order valence-corrected chi connectivity index (χ1v) is 9.73. The number of rotatable bonds is 3. The smallest absolute Gasteiger partial charge is 0.184 e. The van der Waals surface area contributed by atoms with Crippen LogP contribution in [0.4, 0.5) is 0 Å². The molecule has 0 spiro atoms. The number of ether oxygens (including phenoxy) is 1. The lowest BCUT2D eigenvalue weighted by molar-refractivity contribution is 0.161. The first-order valence-electron chi connectivity index (χ1n) is 6.32. The van der Waals surface area contributed by atoms with Gasteiger partial charge >= 0.3 is 0 Å². The van der Waals surface area contributed by atoms with Crippen molar-refractivity contribution in [3.63, 3.8) is 0 Å². The molecular formula is C14H20O2Si. The van der Waals surface area contributed by atoms with Crippen LogP contribution in [-0.2, 0) is 16.4 Å². The largest absolute Gasteiger partial charge is 0.497 e. The van der Waals surface area contributed by atoms with Gasteiger partial charge in [0.15, 0.2) is 8.32 Å². The van der Waals surface area contributed by atoms with Crippen LogP contribution in [0.3, 0.4) is 0 Å². The molecule has 0 N–H and O–H groups in total. The number of methoxy groups -OCH3 is 1. The van der Waals surface area contributed by atoms with Crippen LogP contribution in [0.2, 0.25) is 19.6 Å². The van der Waals surface area contributed by atoms with Gasteiger partial charge in [0.2, 0.25) is 0 Å². The van der Waals surface area contributed by atoms with E-state index in [1.807, 2.05) is 0 Å². The van der Waals surface area contributed by atoms with E-state index in [-0.39, 0.29) is 5.60 Å². The fourth-order valence-corrected chi connectivity index (χ4v) is 4.57. The Morgan fingerprint density at radius 2 is 2.06 bits per heavy atom. The van der Waals surface area contributed by atoms with Crippen molar-refractivity contribution in [3.8, 4) is 5.75 Å². The highest BCUT2D eigenvalue weighted by molar-refractivity contribution is 6.69. The maximum atomic E-state index is 6.47. The van der Waals surface area contributed by atoms with E-state index >= 15 is 0 Å². The third-order valence-corrected chi connectivity index (χ3v) is 4.75. The molecule has 0 aliphatic heterocycles. The molecule has 2 aliphatic rings. The molecule has 0 saturated heterocycles. The predicted molar refractivity (Wildman–Crippen MR) is 70.9 cm³/mol. The topological polar surface area (TPSA) is 18.5 Å². The molecule has 0 radical (unpaired) electrons. The summed E-state index contributed by atoms with van der Waals surface area (Å²) in [6.45, 7) is 6.82. The van der Waals surface area contributed by atoms with Gasteiger partial charge in [0.05, 0.1) is 12.7 Å². The van der Waals surface area contributed by atoms with Gasteiger partial charge in [0, 0.05) is 0 Å². The Labute approximate surface area is 104 Å². The van der Waals surface area contributed by atoms with Crippen molar-refractivity contribution in [1.82, 2.24) is 0 Å². The molecule has 0 amide bonds. The van der Waals surface area contributed by atoms with E-state index in [2.05, 4.69) is 37.8 Å². The minimum atomic E-state index is -1.49. The molecule has 1 unspecified atom stereocenters. The molecule has 0 heterocycles. The average molecular weight is 248 g/mol. The first kappa shape index (κ1) is 11.3. The molecule has 1 aromatic carbocycles. The van der Waals surface area contributed by atoms with Gasteiger partial charge in [-0.1, -0.05) is 6.07 Å². The van der Waals surface area contributed by atoms with Crippen molar-refractivity contribution in [2.75, 3.05) is 7.11 Å². The number of hydrogen-bond acceptors (Lipinski definition) is 2. The fraction of sp³-hybridized carbons (Fsp3) is 0.571. The van der Waals surface area contributed by atoms with E-state index in [0.717, 1.165) is 11.7 Å². The summed E-state index contributed by atoms with van der Waals surface area (Å²) in [5, 5.41) is 0. The SMILES string of the molecule is COc1ccc2c(c1)[C@@]1(O[Si](C)(C)C)CC1C2. The molecule has 0 aromatic heterocycles. The summed E-state index contributed by atoms with van der Waals surface area (Å²) in [6, 6.07) is 6.45. The van der Waals surface area contributed by atoms with Crippen LogP contribution in [0, 0.1) is 5.92 Å². The van der Waals surface area contributed by atoms with E-state index < -0.39 is 8.32 Å². The fourth-order valence-electron chi connectivity index (χ4n) is 3.12. The van der Waals surface area contributed by atoms with Crippen LogP contribution < -0.4 is 4.74 Å². The van der Waals surface area contributed by atoms with Gasteiger partial charge < -0.3 is 9.16 Å². The number of fused-ring (bicyclic) bond motifs is 3. The van der Waals surface area contributed by atoms with Crippen LogP contribution in [0.1, 0.15) is 17.5 Å². The Morgan fingerprint density at radius 3 is 2.71 bits per heavy atom. The summed E-state index contributed by atoms with van der Waals surface area (Å²) in [7, 11) is 0.239. The quantitative estimate of drug-likeness (QED) is 0.764. The highest BCUT2D eigenvalue weighted by Crippen LogP contribution is 2.63. The summed E-state index contributed by atoms with van der Waals surface area (Å²) in [5.74, 6) is 1.67. The van der Waals surface area contributed by atoms with Gasteiger partial charge in [-0.3, -0.25) is 0 Å². The van der Waals surface area contributed by atoms with Crippen molar-refractivity contribution in [3.05, 3.63) is 29.3 Å². The van der Waals surface area contributed by atoms with Crippen molar-refractivity contribution in [2.24, 2.45) is 5.92 Å². The molecule has 3 rings (SSSR count). The second-order valence-corrected chi connectivity index (χ2v) is 10.7. The molecule has 2 nitrogen and oxygen atoms in total. The minimum absolute atomic E-state index is 0.0499. The van der Waals surface area contributed by atoms with E-state index in [9.17, 15) is 0 Å². The molecule has 2 atom stereocenters. The van der Waals surface area contributed by atoms with Gasteiger partial charge in [-0.15, -0.1) is 0 Å². The molecule has 1 fully saturated rings. The summed E-state index contributed by atoms with van der Waals surface area (Å²) >= 11 is 0. The van der Waals surface area contributed by atoms with Crippen molar-refractivity contribution < 1.29 is 9.16 Å². The summed E-state index contributed by atoms with van der Waals surface area (Å²) in [5.41, 5.74) is 2.90. The molecule has 1 saturated carbocycles. The van der Waals surface area contributed by atoms with Crippen molar-refractivity contribution in [2.45, 2.75) is 38.1 Å². The minimum Gasteiger partial charge on any atom is -0.497 e. The molecule has 2 aliphatic carbocycles. The lowest BCUT2D eigenvalue weighted by atomic mass is 10.0. The summed E-state index contributed by atoms with van der Waals surface area (Å²) in [6.07, 6.45) is 2.39. The zero-order valence-electron chi connectivity index (χ0n) is 11.0. The van der Waals surface area contributed by atoms with Crippen LogP contribution in [0.5, 0.6) is 5.75 Å². The standard InChI is InChI=1S/C14H20O2Si/c1-15-12-6-5-10-7-11-9-14(11,13(10)8-12)16-17(2,3)4/h5-6,8,11H,7,9H2,1-4H3/t11?,14-/m1/s1. The average Bonchev–Trinajstić information content (AvgIpc) is 2.82. The maximum Gasteiger partial charge on any atom is 0.184 e. The second-order valence-electron chi connectivity index (χ2n) is 6.23. The van der Waals surface area contributed by atoms with Gasteiger partial charge in [-0.2, -0.15) is 0 Å². The van der Waals surface area contributed by atoms with E-state index in [4.69, 9.17) is 9.16 Å². The number of benzene rings is 1. The Kier molecular flexibility index (Phi) is 2.23. The third-order valence-electron chi connectivity index (χ3n) is 3.78. The van der Waals surface area contributed by atoms with Crippen molar-refractivity contribution >= 4 is 8.32 Å². The van der Waals surface area contributed by atoms with Crippen LogP contribution in [0.15, 0.2) is 18.2 Å². The second kappa shape index (κ2) is 3.36. The molecule has 17 heavy (non-hydrogen) atoms. The molecule has 1 aromatic rings. The van der Waals surface area contributed by atoms with E-state index in [0.29, 0.717) is 0 Å². The third kappa shape index (κ3) is 1.72. The Morgan fingerprint density at radius 1 is 1.29 bits per heavy atom. The van der Waals surface area contributed by atoms with Crippen LogP contribution >= 0.6 is 0 Å². The zero-order valence-corrected chi connectivity index (χ0v) is 12.0. The summed E-state index contributed by atoms with van der Waals surface area (Å²) < 4.78 is 11.8. The molecular weight excluding hydrogens is 228 g/mol. The highest BCUT2D eigenvalue weighted by Gasteiger charge is 2.62. The Hall–Kier alpha value is -0.803. The van der Waals surface area contributed by atoms with E-state index in [1.165, 1.54) is 24.0 Å². The van der Waals surface area contributed by atoms with Crippen LogP contribution in [-0.4, -0.2) is 15.4 Å².